The van der Waals surface area contributed by atoms with Gasteiger partial charge in [0.25, 0.3) is 0 Å². The maximum Gasteiger partial charge on any atom is 0.149 e. The van der Waals surface area contributed by atoms with Gasteiger partial charge in [0, 0.05) is 25.6 Å². The van der Waals surface area contributed by atoms with Gasteiger partial charge in [0.15, 0.2) is 0 Å². The molecule has 3 nitrogen and oxygen atoms in total. The Balaban J connectivity index is 1.77. The summed E-state index contributed by atoms with van der Waals surface area (Å²) in [6, 6.07) is 0.665. The standard InChI is InChI=1S/C14H25NO2/c1-17-10-9-15(13-7-8-13)11-14(16)12-5-3-2-4-6-12/h12-13H,2-11H2,1H3. The molecule has 3 heteroatoms. The highest BCUT2D eigenvalue weighted by Gasteiger charge is 2.31. The van der Waals surface area contributed by atoms with E-state index in [0.717, 1.165) is 26.0 Å². The van der Waals surface area contributed by atoms with E-state index in [1.165, 1.54) is 32.1 Å². The minimum absolute atomic E-state index is 0.354. The van der Waals surface area contributed by atoms with Crippen molar-refractivity contribution in [3.8, 4) is 0 Å². The molecule has 2 saturated carbocycles. The highest BCUT2D eigenvalue weighted by atomic mass is 16.5. The Morgan fingerprint density at radius 2 is 1.88 bits per heavy atom. The van der Waals surface area contributed by atoms with Crippen molar-refractivity contribution in [3.63, 3.8) is 0 Å². The van der Waals surface area contributed by atoms with Gasteiger partial charge in [0.2, 0.25) is 0 Å². The van der Waals surface area contributed by atoms with Crippen molar-refractivity contribution < 1.29 is 9.53 Å². The summed E-state index contributed by atoms with van der Waals surface area (Å²) in [5, 5.41) is 0. The van der Waals surface area contributed by atoms with E-state index in [9.17, 15) is 4.79 Å². The first kappa shape index (κ1) is 13.0. The summed E-state index contributed by atoms with van der Waals surface area (Å²) in [5.41, 5.74) is 0. The van der Waals surface area contributed by atoms with E-state index in [1.54, 1.807) is 7.11 Å². The van der Waals surface area contributed by atoms with Crippen molar-refractivity contribution in [3.05, 3.63) is 0 Å². The molecule has 0 N–H and O–H groups in total. The van der Waals surface area contributed by atoms with Crippen molar-refractivity contribution in [2.45, 2.75) is 51.0 Å². The molecule has 0 bridgehead atoms. The number of carbonyl (C=O) groups excluding carboxylic acids is 1. The summed E-state index contributed by atoms with van der Waals surface area (Å²) in [6.07, 6.45) is 8.60. The molecule has 0 radical (unpaired) electrons. The van der Waals surface area contributed by atoms with Crippen LogP contribution in [0.4, 0.5) is 0 Å². The molecule has 2 fully saturated rings. The summed E-state index contributed by atoms with van der Waals surface area (Å²) in [7, 11) is 1.73. The van der Waals surface area contributed by atoms with E-state index >= 15 is 0 Å². The Labute approximate surface area is 105 Å². The molecule has 0 amide bonds. The lowest BCUT2D eigenvalue weighted by atomic mass is 9.86. The third kappa shape index (κ3) is 4.07. The molecule has 0 aliphatic heterocycles. The van der Waals surface area contributed by atoms with Crippen LogP contribution in [0.5, 0.6) is 0 Å². The number of Topliss-reactive ketones (excluding diaryl/α,β-unsaturated/α-hetero) is 1. The fourth-order valence-corrected chi connectivity index (χ4v) is 2.79. The predicted molar refractivity (Wildman–Crippen MR) is 68.1 cm³/mol. The lowest BCUT2D eigenvalue weighted by Gasteiger charge is -2.25. The molecule has 0 aromatic heterocycles. The van der Waals surface area contributed by atoms with E-state index in [-0.39, 0.29) is 0 Å². The summed E-state index contributed by atoms with van der Waals surface area (Å²) in [6.45, 7) is 2.33. The van der Waals surface area contributed by atoms with Crippen LogP contribution >= 0.6 is 0 Å². The monoisotopic (exact) mass is 239 g/mol. The lowest BCUT2D eigenvalue weighted by Crippen LogP contribution is -2.37. The number of ketones is 1. The van der Waals surface area contributed by atoms with Gasteiger partial charge in [-0.1, -0.05) is 19.3 Å². The third-order valence-electron chi connectivity index (χ3n) is 4.07. The molecular formula is C14H25NO2. The highest BCUT2D eigenvalue weighted by molar-refractivity contribution is 5.83. The van der Waals surface area contributed by atoms with Gasteiger partial charge in [-0.2, -0.15) is 0 Å². The van der Waals surface area contributed by atoms with Gasteiger partial charge in [-0.3, -0.25) is 9.69 Å². The highest BCUT2D eigenvalue weighted by Crippen LogP contribution is 2.29. The largest absolute Gasteiger partial charge is 0.383 e. The summed E-state index contributed by atoms with van der Waals surface area (Å²) in [5.74, 6) is 0.834. The van der Waals surface area contributed by atoms with Crippen LogP contribution in [-0.4, -0.2) is 43.5 Å². The Kier molecular flexibility index (Phi) is 4.99. The lowest BCUT2D eigenvalue weighted by molar-refractivity contribution is -0.125. The Bertz CT molecular complexity index is 245. The van der Waals surface area contributed by atoms with Gasteiger partial charge in [0.05, 0.1) is 13.2 Å². The molecule has 0 atom stereocenters. The van der Waals surface area contributed by atoms with Gasteiger partial charge in [0.1, 0.15) is 5.78 Å². The van der Waals surface area contributed by atoms with E-state index in [4.69, 9.17) is 4.74 Å². The summed E-state index contributed by atoms with van der Waals surface area (Å²) >= 11 is 0. The van der Waals surface area contributed by atoms with Crippen LogP contribution in [0.25, 0.3) is 0 Å². The van der Waals surface area contributed by atoms with Crippen molar-refractivity contribution in [1.82, 2.24) is 4.90 Å². The number of rotatable bonds is 7. The van der Waals surface area contributed by atoms with E-state index < -0.39 is 0 Å². The molecule has 0 heterocycles. The van der Waals surface area contributed by atoms with Crippen LogP contribution in [-0.2, 0) is 9.53 Å². The number of hydrogen-bond acceptors (Lipinski definition) is 3. The Morgan fingerprint density at radius 3 is 2.47 bits per heavy atom. The van der Waals surface area contributed by atoms with Crippen LogP contribution in [0.2, 0.25) is 0 Å². The van der Waals surface area contributed by atoms with Crippen molar-refractivity contribution >= 4 is 5.78 Å². The Hall–Kier alpha value is -0.410. The number of hydrogen-bond donors (Lipinski definition) is 0. The zero-order valence-electron chi connectivity index (χ0n) is 11.0. The van der Waals surface area contributed by atoms with Gasteiger partial charge >= 0.3 is 0 Å². The SMILES string of the molecule is COCCN(CC(=O)C1CCCCC1)C1CC1. The summed E-state index contributed by atoms with van der Waals surface area (Å²) < 4.78 is 5.12. The number of ether oxygens (including phenoxy) is 1. The maximum atomic E-state index is 12.2. The third-order valence-corrected chi connectivity index (χ3v) is 4.07. The topological polar surface area (TPSA) is 29.5 Å². The molecule has 2 aliphatic carbocycles. The average molecular weight is 239 g/mol. The van der Waals surface area contributed by atoms with E-state index in [2.05, 4.69) is 4.90 Å². The van der Waals surface area contributed by atoms with Crippen LogP contribution in [0.15, 0.2) is 0 Å². The number of methoxy groups -OCH3 is 1. The minimum atomic E-state index is 0.354. The molecule has 2 aliphatic rings. The van der Waals surface area contributed by atoms with Crippen molar-refractivity contribution in [2.24, 2.45) is 5.92 Å². The van der Waals surface area contributed by atoms with Gasteiger partial charge in [-0.25, -0.2) is 0 Å². The van der Waals surface area contributed by atoms with E-state index in [0.29, 0.717) is 24.3 Å². The summed E-state index contributed by atoms with van der Waals surface area (Å²) in [4.78, 5) is 14.6. The normalized spacial score (nSPS) is 22.0. The van der Waals surface area contributed by atoms with Gasteiger partial charge in [-0.05, 0) is 25.7 Å². The zero-order valence-corrected chi connectivity index (χ0v) is 11.0. The molecular weight excluding hydrogens is 214 g/mol. The van der Waals surface area contributed by atoms with Gasteiger partial charge < -0.3 is 4.74 Å². The average Bonchev–Trinajstić information content (AvgIpc) is 3.19. The minimum Gasteiger partial charge on any atom is -0.383 e. The second kappa shape index (κ2) is 6.50. The van der Waals surface area contributed by atoms with Crippen LogP contribution in [0.3, 0.4) is 0 Å². The van der Waals surface area contributed by atoms with Crippen LogP contribution < -0.4 is 0 Å². The molecule has 17 heavy (non-hydrogen) atoms. The zero-order chi connectivity index (χ0) is 12.1. The number of carbonyl (C=O) groups is 1. The first-order chi connectivity index (χ1) is 8.31. The second-order valence-electron chi connectivity index (χ2n) is 5.50. The van der Waals surface area contributed by atoms with E-state index in [1.807, 2.05) is 0 Å². The number of nitrogens with zero attached hydrogens (tertiary/aromatic N) is 1. The quantitative estimate of drug-likeness (QED) is 0.682. The first-order valence-electron chi connectivity index (χ1n) is 7.07. The molecule has 98 valence electrons. The molecule has 0 unspecified atom stereocenters. The predicted octanol–water partition coefficient (Wildman–Crippen LogP) is 2.25. The molecule has 0 spiro atoms. The van der Waals surface area contributed by atoms with Gasteiger partial charge in [-0.15, -0.1) is 0 Å². The Morgan fingerprint density at radius 1 is 1.18 bits per heavy atom. The molecule has 0 saturated heterocycles. The second-order valence-corrected chi connectivity index (χ2v) is 5.50. The maximum absolute atomic E-state index is 12.2. The fourth-order valence-electron chi connectivity index (χ4n) is 2.79. The van der Waals surface area contributed by atoms with Crippen molar-refractivity contribution in [2.75, 3.05) is 26.8 Å². The van der Waals surface area contributed by atoms with Crippen LogP contribution in [0.1, 0.15) is 44.9 Å². The molecule has 2 rings (SSSR count). The smallest absolute Gasteiger partial charge is 0.149 e. The van der Waals surface area contributed by atoms with Crippen LogP contribution in [0, 0.1) is 5.92 Å². The first-order valence-corrected chi connectivity index (χ1v) is 7.07. The fraction of sp³-hybridized carbons (Fsp3) is 0.929. The molecule has 0 aromatic rings. The van der Waals surface area contributed by atoms with Crippen molar-refractivity contribution in [1.29, 1.82) is 0 Å². The molecule has 0 aromatic carbocycles.